The first-order valence-electron chi connectivity index (χ1n) is 12.1. The molecule has 2 unspecified atom stereocenters. The molecule has 0 aliphatic carbocycles. The molecular formula is C25H32N4O6. The van der Waals surface area contributed by atoms with Crippen LogP contribution in [-0.4, -0.2) is 65.8 Å². The van der Waals surface area contributed by atoms with Gasteiger partial charge in [0.25, 0.3) is 0 Å². The van der Waals surface area contributed by atoms with E-state index in [-0.39, 0.29) is 24.3 Å². The summed E-state index contributed by atoms with van der Waals surface area (Å²) in [6, 6.07) is 4.63. The number of fused-ring (bicyclic) bond motifs is 1. The summed E-state index contributed by atoms with van der Waals surface area (Å²) < 4.78 is 10.6. The van der Waals surface area contributed by atoms with E-state index < -0.39 is 36.4 Å². The van der Waals surface area contributed by atoms with Crippen LogP contribution in [0.3, 0.4) is 0 Å². The summed E-state index contributed by atoms with van der Waals surface area (Å²) in [7, 11) is 0. The van der Waals surface area contributed by atoms with Gasteiger partial charge in [0.15, 0.2) is 0 Å². The van der Waals surface area contributed by atoms with Crippen LogP contribution in [-0.2, 0) is 23.9 Å². The molecular weight excluding hydrogens is 452 g/mol. The Morgan fingerprint density at radius 2 is 1.83 bits per heavy atom. The number of anilines is 1. The van der Waals surface area contributed by atoms with Crippen molar-refractivity contribution in [2.45, 2.75) is 76.4 Å². The van der Waals surface area contributed by atoms with Gasteiger partial charge in [0.05, 0.1) is 6.42 Å². The van der Waals surface area contributed by atoms with Crippen molar-refractivity contribution in [3.8, 4) is 0 Å². The second kappa shape index (κ2) is 10.9. The normalized spacial score (nSPS) is 28.1. The Labute approximate surface area is 204 Å². The largest absolute Gasteiger partial charge is 0.433 e. The number of amides is 4. The summed E-state index contributed by atoms with van der Waals surface area (Å²) in [6.45, 7) is 4.07. The van der Waals surface area contributed by atoms with Crippen LogP contribution in [0, 0.1) is 6.92 Å². The lowest BCUT2D eigenvalue weighted by Crippen LogP contribution is -2.57. The lowest BCUT2D eigenvalue weighted by atomic mass is 10.0. The minimum Gasteiger partial charge on any atom is -0.433 e. The molecule has 1 aromatic rings. The number of hydrogen-bond donors (Lipinski definition) is 3. The molecule has 0 spiro atoms. The summed E-state index contributed by atoms with van der Waals surface area (Å²) in [5.74, 6) is -1.08. The Kier molecular flexibility index (Phi) is 7.70. The van der Waals surface area contributed by atoms with Crippen molar-refractivity contribution in [1.82, 2.24) is 15.5 Å². The molecule has 10 heteroatoms. The number of aryl methyl sites for hydroxylation is 1. The highest BCUT2D eigenvalue weighted by atomic mass is 16.7. The standard InChI is InChI=1S/C25H32N4O6/c1-3-34-24-19(14-21(30)35-24)27-22(31)20-13-12-17-6-4-5-7-18(23(32)29(17)20)28-25(33)26-16-10-8-15(2)9-11-16/h4-5,8-11,17-20,24H,3,6-7,12-14H2,1-2H3,(H,27,31)(H2,26,28,33)/t17-,18+,19?,20+,24?/m1/s1. The Morgan fingerprint density at radius 3 is 2.57 bits per heavy atom. The molecule has 3 N–H and O–H groups in total. The summed E-state index contributed by atoms with van der Waals surface area (Å²) in [5.41, 5.74) is 1.69. The van der Waals surface area contributed by atoms with Crippen LogP contribution in [0.1, 0.15) is 44.6 Å². The van der Waals surface area contributed by atoms with Gasteiger partial charge in [-0.1, -0.05) is 29.8 Å². The molecule has 2 fully saturated rings. The zero-order valence-electron chi connectivity index (χ0n) is 20.0. The topological polar surface area (TPSA) is 126 Å². The minimum atomic E-state index is -0.834. The number of ether oxygens (including phenoxy) is 2. The minimum absolute atomic E-state index is 0.0204. The fraction of sp³-hybridized carbons (Fsp3) is 0.520. The van der Waals surface area contributed by atoms with Gasteiger partial charge in [0.1, 0.15) is 18.1 Å². The van der Waals surface area contributed by atoms with Gasteiger partial charge in [0.2, 0.25) is 18.1 Å². The second-order valence-electron chi connectivity index (χ2n) is 9.09. The smallest absolute Gasteiger partial charge is 0.319 e. The number of nitrogens with one attached hydrogen (secondary N) is 3. The number of carbonyl (C=O) groups is 4. The molecule has 10 nitrogen and oxygen atoms in total. The maximum Gasteiger partial charge on any atom is 0.319 e. The molecule has 0 radical (unpaired) electrons. The molecule has 3 heterocycles. The average molecular weight is 485 g/mol. The number of hydrogen-bond acceptors (Lipinski definition) is 6. The van der Waals surface area contributed by atoms with Gasteiger partial charge < -0.3 is 30.3 Å². The summed E-state index contributed by atoms with van der Waals surface area (Å²) >= 11 is 0. The Hall–Kier alpha value is -3.40. The molecule has 0 aromatic heterocycles. The van der Waals surface area contributed by atoms with Crippen molar-refractivity contribution in [2.24, 2.45) is 0 Å². The predicted molar refractivity (Wildman–Crippen MR) is 127 cm³/mol. The van der Waals surface area contributed by atoms with Crippen LogP contribution in [0.5, 0.6) is 0 Å². The number of esters is 1. The van der Waals surface area contributed by atoms with Gasteiger partial charge >= 0.3 is 12.0 Å². The molecule has 5 atom stereocenters. The highest BCUT2D eigenvalue weighted by Gasteiger charge is 2.45. The molecule has 1 aromatic carbocycles. The zero-order valence-corrected chi connectivity index (χ0v) is 20.0. The number of urea groups is 1. The molecule has 0 bridgehead atoms. The van der Waals surface area contributed by atoms with E-state index in [1.807, 2.05) is 31.2 Å². The zero-order chi connectivity index (χ0) is 24.9. The SMILES string of the molecule is CCOC1OC(=O)CC1NC(=O)[C@@H]1CC[C@H]2CC=CC[C@H](NC(=O)Nc3ccc(C)cc3)C(=O)N21. The van der Waals surface area contributed by atoms with E-state index in [4.69, 9.17) is 9.47 Å². The van der Waals surface area contributed by atoms with Gasteiger partial charge in [0, 0.05) is 18.3 Å². The van der Waals surface area contributed by atoms with Crippen LogP contribution in [0.25, 0.3) is 0 Å². The van der Waals surface area contributed by atoms with Crippen molar-refractivity contribution >= 4 is 29.5 Å². The predicted octanol–water partition coefficient (Wildman–Crippen LogP) is 1.99. The van der Waals surface area contributed by atoms with Gasteiger partial charge in [-0.05, 0) is 51.7 Å². The lowest BCUT2D eigenvalue weighted by molar-refractivity contribution is -0.164. The Bertz CT molecular complexity index is 994. The van der Waals surface area contributed by atoms with Crippen LogP contribution < -0.4 is 16.0 Å². The first-order valence-corrected chi connectivity index (χ1v) is 12.1. The van der Waals surface area contributed by atoms with E-state index in [0.717, 1.165) is 5.56 Å². The molecule has 0 saturated carbocycles. The average Bonchev–Trinajstić information content (AvgIpc) is 3.39. The van der Waals surface area contributed by atoms with Crippen molar-refractivity contribution < 1.29 is 28.7 Å². The maximum absolute atomic E-state index is 13.5. The summed E-state index contributed by atoms with van der Waals surface area (Å²) in [5, 5.41) is 8.36. The molecule has 4 amide bonds. The number of nitrogens with zero attached hydrogens (tertiary/aromatic N) is 1. The van der Waals surface area contributed by atoms with Gasteiger partial charge in [-0.15, -0.1) is 0 Å². The Morgan fingerprint density at radius 1 is 1.09 bits per heavy atom. The van der Waals surface area contributed by atoms with Crippen LogP contribution >= 0.6 is 0 Å². The first-order chi connectivity index (χ1) is 16.9. The quantitative estimate of drug-likeness (QED) is 0.419. The Balaban J connectivity index is 1.43. The molecule has 188 valence electrons. The molecule has 4 rings (SSSR count). The van der Waals surface area contributed by atoms with E-state index in [1.165, 1.54) is 0 Å². The van der Waals surface area contributed by atoms with Crippen molar-refractivity contribution in [2.75, 3.05) is 11.9 Å². The van der Waals surface area contributed by atoms with Crippen molar-refractivity contribution in [3.05, 3.63) is 42.0 Å². The summed E-state index contributed by atoms with van der Waals surface area (Å²) in [4.78, 5) is 52.7. The maximum atomic E-state index is 13.5. The number of rotatable bonds is 6. The third kappa shape index (κ3) is 5.82. The molecule has 2 saturated heterocycles. The fourth-order valence-electron chi connectivity index (χ4n) is 4.80. The highest BCUT2D eigenvalue weighted by molar-refractivity contribution is 5.96. The second-order valence-corrected chi connectivity index (χ2v) is 9.09. The number of carbonyl (C=O) groups excluding carboxylic acids is 4. The van der Waals surface area contributed by atoms with Crippen molar-refractivity contribution in [3.63, 3.8) is 0 Å². The van der Waals surface area contributed by atoms with Gasteiger partial charge in [-0.3, -0.25) is 14.4 Å². The third-order valence-electron chi connectivity index (χ3n) is 6.54. The monoisotopic (exact) mass is 484 g/mol. The highest BCUT2D eigenvalue weighted by Crippen LogP contribution is 2.30. The van der Waals surface area contributed by atoms with Crippen molar-refractivity contribution in [1.29, 1.82) is 0 Å². The van der Waals surface area contributed by atoms with Crippen LogP contribution in [0.4, 0.5) is 10.5 Å². The van der Waals surface area contributed by atoms with Gasteiger partial charge in [-0.25, -0.2) is 4.79 Å². The van der Waals surface area contributed by atoms with E-state index in [1.54, 1.807) is 24.0 Å². The van der Waals surface area contributed by atoms with E-state index in [9.17, 15) is 19.2 Å². The first kappa shape index (κ1) is 24.7. The molecule has 35 heavy (non-hydrogen) atoms. The molecule has 3 aliphatic rings. The van der Waals surface area contributed by atoms with Crippen LogP contribution in [0.15, 0.2) is 36.4 Å². The third-order valence-corrected chi connectivity index (χ3v) is 6.54. The number of benzene rings is 1. The van der Waals surface area contributed by atoms with Gasteiger partial charge in [-0.2, -0.15) is 0 Å². The van der Waals surface area contributed by atoms with Crippen LogP contribution in [0.2, 0.25) is 0 Å². The fourth-order valence-corrected chi connectivity index (χ4v) is 4.80. The summed E-state index contributed by atoms with van der Waals surface area (Å²) in [6.07, 6.45) is 5.22. The van der Waals surface area contributed by atoms with E-state index in [0.29, 0.717) is 38.0 Å². The van der Waals surface area contributed by atoms with E-state index >= 15 is 0 Å². The molecule has 3 aliphatic heterocycles. The number of cyclic esters (lactones) is 1. The lowest BCUT2D eigenvalue weighted by Gasteiger charge is -2.34. The van der Waals surface area contributed by atoms with E-state index in [2.05, 4.69) is 16.0 Å².